The number of aromatic nitrogens is 1. The van der Waals surface area contributed by atoms with Crippen LogP contribution in [0.5, 0.6) is 5.75 Å². The fraction of sp³-hybridized carbons (Fsp3) is 0.412. The Morgan fingerprint density at radius 3 is 2.76 bits per heavy atom. The Labute approximate surface area is 143 Å². The number of methoxy groups -OCH3 is 1. The fourth-order valence-electron chi connectivity index (χ4n) is 2.63. The second kappa shape index (κ2) is 7.69. The summed E-state index contributed by atoms with van der Waals surface area (Å²) in [4.78, 5) is 16.0. The molecule has 0 bridgehead atoms. The number of rotatable bonds is 7. The molecule has 0 aliphatic rings. The quantitative estimate of drug-likeness (QED) is 0.743. The number of hydrogen-bond donors (Lipinski definition) is 2. The Morgan fingerprint density at radius 2 is 2.16 bits per heavy atom. The number of nitrogens with one attached hydrogen (secondary N) is 1. The maximum Gasteiger partial charge on any atom is 0.455 e. The number of pyridine rings is 1. The minimum absolute atomic E-state index is 0.0302. The molecule has 5 nitrogen and oxygen atoms in total. The van der Waals surface area contributed by atoms with Crippen LogP contribution in [-0.4, -0.2) is 36.6 Å². The van der Waals surface area contributed by atoms with Crippen LogP contribution in [-0.2, 0) is 0 Å². The van der Waals surface area contributed by atoms with Crippen LogP contribution in [0, 0.1) is 0 Å². The zero-order chi connectivity index (χ0) is 18.6. The molecule has 0 saturated carbocycles. The van der Waals surface area contributed by atoms with Gasteiger partial charge in [0.05, 0.1) is 23.9 Å². The largest absolute Gasteiger partial charge is 0.496 e. The average Bonchev–Trinajstić information content (AvgIpc) is 2.58. The van der Waals surface area contributed by atoms with Crippen molar-refractivity contribution in [3.05, 3.63) is 30.0 Å². The van der Waals surface area contributed by atoms with E-state index in [4.69, 9.17) is 10.5 Å². The molecule has 1 heterocycles. The molecule has 0 amide bonds. The van der Waals surface area contributed by atoms with E-state index in [1.807, 2.05) is 6.92 Å². The summed E-state index contributed by atoms with van der Waals surface area (Å²) in [6.07, 6.45) is -1.94. The van der Waals surface area contributed by atoms with Gasteiger partial charge >= 0.3 is 6.18 Å². The molecule has 1 unspecified atom stereocenters. The molecule has 1 aromatic heterocycles. The van der Waals surface area contributed by atoms with Crippen LogP contribution in [0.2, 0.25) is 0 Å². The van der Waals surface area contributed by atoms with Crippen molar-refractivity contribution in [3.8, 4) is 5.75 Å². The smallest absolute Gasteiger partial charge is 0.455 e. The number of ketones is 1. The van der Waals surface area contributed by atoms with E-state index in [0.29, 0.717) is 12.2 Å². The van der Waals surface area contributed by atoms with Gasteiger partial charge in [-0.05, 0) is 32.4 Å². The van der Waals surface area contributed by atoms with Gasteiger partial charge < -0.3 is 15.8 Å². The third-order valence-corrected chi connectivity index (χ3v) is 3.80. The molecule has 8 heteroatoms. The van der Waals surface area contributed by atoms with Crippen LogP contribution in [0.15, 0.2) is 24.4 Å². The first kappa shape index (κ1) is 19.0. The lowest BCUT2D eigenvalue weighted by atomic mass is 10.0. The predicted molar refractivity (Wildman–Crippen MR) is 90.1 cm³/mol. The van der Waals surface area contributed by atoms with Gasteiger partial charge in [0.1, 0.15) is 5.75 Å². The van der Waals surface area contributed by atoms with Crippen molar-refractivity contribution >= 4 is 22.4 Å². The summed E-state index contributed by atoms with van der Waals surface area (Å²) in [5.74, 6) is -2.10. The van der Waals surface area contributed by atoms with Gasteiger partial charge in [0, 0.05) is 23.7 Å². The van der Waals surface area contributed by atoms with E-state index in [1.54, 1.807) is 0 Å². The number of halogens is 3. The molecular formula is C17H20F3N3O2. The number of nitrogens with two attached hydrogens (primary N) is 1. The summed E-state index contributed by atoms with van der Waals surface area (Å²) >= 11 is 0. The van der Waals surface area contributed by atoms with Gasteiger partial charge in [-0.15, -0.1) is 0 Å². The van der Waals surface area contributed by atoms with Crippen LogP contribution in [0.3, 0.4) is 0 Å². The molecular weight excluding hydrogens is 335 g/mol. The zero-order valence-electron chi connectivity index (χ0n) is 14.0. The SMILES string of the molecule is COc1cc(NC(C)CCCN)c2ncccc2c1C(=O)C(F)(F)F. The maximum atomic E-state index is 13.0. The minimum Gasteiger partial charge on any atom is -0.496 e. The molecule has 25 heavy (non-hydrogen) atoms. The van der Waals surface area contributed by atoms with Gasteiger partial charge in [-0.25, -0.2) is 0 Å². The second-order valence-corrected chi connectivity index (χ2v) is 5.70. The average molecular weight is 355 g/mol. The molecule has 0 saturated heterocycles. The molecule has 1 aromatic carbocycles. The minimum atomic E-state index is -5.00. The number of fused-ring (bicyclic) bond motifs is 1. The normalized spacial score (nSPS) is 12.9. The lowest BCUT2D eigenvalue weighted by Crippen LogP contribution is -2.24. The van der Waals surface area contributed by atoms with Crippen molar-refractivity contribution < 1.29 is 22.7 Å². The van der Waals surface area contributed by atoms with Gasteiger partial charge in [0.25, 0.3) is 5.78 Å². The van der Waals surface area contributed by atoms with Gasteiger partial charge in [-0.3, -0.25) is 9.78 Å². The summed E-state index contributed by atoms with van der Waals surface area (Å²) < 4.78 is 44.0. The lowest BCUT2D eigenvalue weighted by molar-refractivity contribution is -0.0885. The number of alkyl halides is 3. The number of Topliss-reactive ketones (excluding diaryl/α,β-unsaturated/α-hetero) is 1. The zero-order valence-corrected chi connectivity index (χ0v) is 14.0. The highest BCUT2D eigenvalue weighted by atomic mass is 19.4. The van der Waals surface area contributed by atoms with E-state index in [9.17, 15) is 18.0 Å². The summed E-state index contributed by atoms with van der Waals surface area (Å²) in [7, 11) is 1.23. The molecule has 3 N–H and O–H groups in total. The topological polar surface area (TPSA) is 77.2 Å². The standard InChI is InChI=1S/C17H20F3N3O2/c1-10(5-3-7-21)23-12-9-13(25-2)14(16(24)17(18,19)20)11-6-4-8-22-15(11)12/h4,6,8-10,23H,3,5,7,21H2,1-2H3. The molecule has 0 aliphatic heterocycles. The maximum absolute atomic E-state index is 13.0. The van der Waals surface area contributed by atoms with Gasteiger partial charge in [0.2, 0.25) is 0 Å². The van der Waals surface area contributed by atoms with E-state index in [2.05, 4.69) is 10.3 Å². The highest BCUT2D eigenvalue weighted by Gasteiger charge is 2.42. The Bertz CT molecular complexity index is 763. The molecule has 0 radical (unpaired) electrons. The van der Waals surface area contributed by atoms with E-state index in [0.717, 1.165) is 12.8 Å². The summed E-state index contributed by atoms with van der Waals surface area (Å²) in [5.41, 5.74) is 5.76. The van der Waals surface area contributed by atoms with Crippen LogP contribution in [0.4, 0.5) is 18.9 Å². The van der Waals surface area contributed by atoms with Crippen LogP contribution < -0.4 is 15.8 Å². The van der Waals surface area contributed by atoms with Gasteiger partial charge in [-0.2, -0.15) is 13.2 Å². The summed E-state index contributed by atoms with van der Waals surface area (Å²) in [6.45, 7) is 2.49. The third-order valence-electron chi connectivity index (χ3n) is 3.80. The Hall–Kier alpha value is -2.35. The third kappa shape index (κ3) is 4.19. The molecule has 2 rings (SSSR count). The molecule has 136 valence electrons. The van der Waals surface area contributed by atoms with Crippen LogP contribution >= 0.6 is 0 Å². The first-order valence-corrected chi connectivity index (χ1v) is 7.83. The van der Waals surface area contributed by atoms with Crippen molar-refractivity contribution in [1.82, 2.24) is 4.98 Å². The molecule has 1 atom stereocenters. The highest BCUT2D eigenvalue weighted by molar-refractivity contribution is 6.14. The van der Waals surface area contributed by atoms with Crippen molar-refractivity contribution in [2.24, 2.45) is 5.73 Å². The van der Waals surface area contributed by atoms with E-state index < -0.39 is 17.5 Å². The summed E-state index contributed by atoms with van der Waals surface area (Å²) in [6, 6.07) is 4.33. The Morgan fingerprint density at radius 1 is 1.44 bits per heavy atom. The number of hydrogen-bond acceptors (Lipinski definition) is 5. The van der Waals surface area contributed by atoms with Gasteiger partial charge in [0.15, 0.2) is 0 Å². The monoisotopic (exact) mass is 355 g/mol. The Balaban J connectivity index is 2.58. The van der Waals surface area contributed by atoms with Crippen molar-refractivity contribution in [3.63, 3.8) is 0 Å². The van der Waals surface area contributed by atoms with E-state index in [-0.39, 0.29) is 22.7 Å². The van der Waals surface area contributed by atoms with E-state index in [1.165, 1.54) is 31.5 Å². The lowest BCUT2D eigenvalue weighted by Gasteiger charge is -2.19. The number of carbonyl (C=O) groups excluding carboxylic acids is 1. The first-order valence-electron chi connectivity index (χ1n) is 7.83. The molecule has 0 fully saturated rings. The summed E-state index contributed by atoms with van der Waals surface area (Å²) in [5, 5.41) is 3.30. The molecule has 0 aliphatic carbocycles. The second-order valence-electron chi connectivity index (χ2n) is 5.70. The number of anilines is 1. The number of benzene rings is 1. The Kier molecular flexibility index (Phi) is 5.84. The number of carbonyl (C=O) groups is 1. The predicted octanol–water partition coefficient (Wildman–Crippen LogP) is 3.53. The van der Waals surface area contributed by atoms with E-state index >= 15 is 0 Å². The first-order chi connectivity index (χ1) is 11.8. The van der Waals surface area contributed by atoms with Crippen LogP contribution in [0.25, 0.3) is 10.9 Å². The van der Waals surface area contributed by atoms with Gasteiger partial charge in [-0.1, -0.05) is 6.07 Å². The van der Waals surface area contributed by atoms with Crippen LogP contribution in [0.1, 0.15) is 30.1 Å². The highest BCUT2D eigenvalue weighted by Crippen LogP contribution is 2.37. The fourth-order valence-corrected chi connectivity index (χ4v) is 2.63. The number of nitrogens with zero attached hydrogens (tertiary/aromatic N) is 1. The van der Waals surface area contributed by atoms with Crippen molar-refractivity contribution in [1.29, 1.82) is 0 Å². The van der Waals surface area contributed by atoms with Crippen molar-refractivity contribution in [2.75, 3.05) is 19.0 Å². The molecule has 2 aromatic rings. The van der Waals surface area contributed by atoms with Crippen molar-refractivity contribution in [2.45, 2.75) is 32.0 Å². The molecule has 0 spiro atoms. The number of ether oxygens (including phenoxy) is 1.